The predicted octanol–water partition coefficient (Wildman–Crippen LogP) is -0.770. The fraction of sp³-hybridized carbons (Fsp3) is 0.846. The summed E-state index contributed by atoms with van der Waals surface area (Å²) in [6, 6.07) is 0. The SMILES string of the molecule is CCCCCCCCCCCC(=O)C(=O)[O-].[Na+]. The molecule has 0 spiro atoms. The molecule has 0 bridgehead atoms. The molecule has 0 aliphatic heterocycles. The van der Waals surface area contributed by atoms with Crippen molar-refractivity contribution in [3.8, 4) is 0 Å². The number of carbonyl (C=O) groups excluding carboxylic acids is 2. The standard InChI is InChI=1S/C13H24O3.Na/c1-2-3-4-5-6-7-8-9-10-11-12(14)13(15)16;/h2-11H2,1H3,(H,15,16);/q;+1/p-1. The minimum absolute atomic E-state index is 0. The molecule has 0 N–H and O–H groups in total. The first-order valence-corrected chi connectivity index (χ1v) is 6.42. The Morgan fingerprint density at radius 1 is 0.824 bits per heavy atom. The molecule has 0 radical (unpaired) electrons. The number of aliphatic carboxylic acids is 1. The summed E-state index contributed by atoms with van der Waals surface area (Å²) in [6.45, 7) is 2.20. The Labute approximate surface area is 127 Å². The normalized spacial score (nSPS) is 9.71. The minimum atomic E-state index is -1.54. The van der Waals surface area contributed by atoms with Gasteiger partial charge in [-0.1, -0.05) is 58.3 Å². The zero-order chi connectivity index (χ0) is 12.2. The molecule has 0 saturated heterocycles. The number of carboxylic acids is 1. The van der Waals surface area contributed by atoms with E-state index in [1.807, 2.05) is 0 Å². The molecule has 17 heavy (non-hydrogen) atoms. The molecule has 4 heteroatoms. The van der Waals surface area contributed by atoms with Gasteiger partial charge in [0.2, 0.25) is 0 Å². The Kier molecular flexibility index (Phi) is 16.3. The van der Waals surface area contributed by atoms with E-state index in [1.54, 1.807) is 0 Å². The molecule has 0 rings (SSSR count). The Morgan fingerprint density at radius 2 is 1.24 bits per heavy atom. The number of ketones is 1. The largest absolute Gasteiger partial charge is 1.00 e. The molecule has 0 unspecified atom stereocenters. The van der Waals surface area contributed by atoms with Gasteiger partial charge >= 0.3 is 29.6 Å². The van der Waals surface area contributed by atoms with Gasteiger partial charge in [0.1, 0.15) is 5.97 Å². The van der Waals surface area contributed by atoms with Crippen molar-refractivity contribution in [2.75, 3.05) is 0 Å². The van der Waals surface area contributed by atoms with Gasteiger partial charge in [0, 0.05) is 6.42 Å². The van der Waals surface area contributed by atoms with Crippen molar-refractivity contribution in [2.24, 2.45) is 0 Å². The molecule has 0 amide bonds. The zero-order valence-electron chi connectivity index (χ0n) is 11.3. The van der Waals surface area contributed by atoms with E-state index in [1.165, 1.54) is 38.5 Å². The fourth-order valence-corrected chi connectivity index (χ4v) is 1.70. The topological polar surface area (TPSA) is 57.2 Å². The second kappa shape index (κ2) is 14.2. The number of rotatable bonds is 11. The van der Waals surface area contributed by atoms with Crippen LogP contribution in [0.3, 0.4) is 0 Å². The summed E-state index contributed by atoms with van der Waals surface area (Å²) >= 11 is 0. The maximum atomic E-state index is 10.7. The first kappa shape index (κ1) is 19.5. The summed E-state index contributed by atoms with van der Waals surface area (Å²) in [5, 5.41) is 10.1. The number of hydrogen-bond acceptors (Lipinski definition) is 3. The molecule has 3 nitrogen and oxygen atoms in total. The van der Waals surface area contributed by atoms with Crippen LogP contribution in [0.2, 0.25) is 0 Å². The van der Waals surface area contributed by atoms with Crippen LogP contribution in [0, 0.1) is 0 Å². The van der Waals surface area contributed by atoms with Crippen LogP contribution in [0.4, 0.5) is 0 Å². The maximum Gasteiger partial charge on any atom is 1.00 e. The summed E-state index contributed by atoms with van der Waals surface area (Å²) < 4.78 is 0. The molecule has 0 fully saturated rings. The van der Waals surface area contributed by atoms with E-state index >= 15 is 0 Å². The Hall–Kier alpha value is 0.140. The smallest absolute Gasteiger partial charge is 0.542 e. The first-order valence-electron chi connectivity index (χ1n) is 6.42. The molecular weight excluding hydrogens is 227 g/mol. The maximum absolute atomic E-state index is 10.7. The number of Topliss-reactive ketones (excluding diaryl/α,β-unsaturated/α-hetero) is 1. The van der Waals surface area contributed by atoms with Crippen LogP contribution < -0.4 is 34.7 Å². The van der Waals surface area contributed by atoms with Gasteiger partial charge < -0.3 is 9.90 Å². The van der Waals surface area contributed by atoms with Crippen LogP contribution >= 0.6 is 0 Å². The van der Waals surface area contributed by atoms with Crippen molar-refractivity contribution < 1.29 is 44.3 Å². The van der Waals surface area contributed by atoms with Crippen molar-refractivity contribution in [3.63, 3.8) is 0 Å². The van der Waals surface area contributed by atoms with Crippen LogP contribution in [0.25, 0.3) is 0 Å². The molecule has 0 aromatic carbocycles. The van der Waals surface area contributed by atoms with E-state index in [-0.39, 0.29) is 36.0 Å². The fourth-order valence-electron chi connectivity index (χ4n) is 1.70. The van der Waals surface area contributed by atoms with Gasteiger partial charge in [-0.2, -0.15) is 0 Å². The van der Waals surface area contributed by atoms with Crippen molar-refractivity contribution in [2.45, 2.75) is 71.1 Å². The summed E-state index contributed by atoms with van der Waals surface area (Å²) in [7, 11) is 0. The van der Waals surface area contributed by atoms with Gasteiger partial charge in [0.15, 0.2) is 5.78 Å². The van der Waals surface area contributed by atoms with Crippen molar-refractivity contribution in [1.82, 2.24) is 0 Å². The van der Waals surface area contributed by atoms with Gasteiger partial charge in [-0.05, 0) is 6.42 Å². The quantitative estimate of drug-likeness (QED) is 0.275. The average molecular weight is 250 g/mol. The third-order valence-electron chi connectivity index (χ3n) is 2.74. The summed E-state index contributed by atoms with van der Waals surface area (Å²) in [6.07, 6.45) is 10.5. The molecule has 0 aliphatic rings. The second-order valence-electron chi connectivity index (χ2n) is 4.29. The zero-order valence-corrected chi connectivity index (χ0v) is 13.3. The van der Waals surface area contributed by atoms with Gasteiger partial charge in [0.05, 0.1) is 0 Å². The summed E-state index contributed by atoms with van der Waals surface area (Å²) in [5.41, 5.74) is 0. The molecule has 0 heterocycles. The Balaban J connectivity index is 0. The minimum Gasteiger partial charge on any atom is -0.542 e. The van der Waals surface area contributed by atoms with Crippen molar-refractivity contribution >= 4 is 11.8 Å². The average Bonchev–Trinajstić information content (AvgIpc) is 2.26. The predicted molar refractivity (Wildman–Crippen MR) is 61.9 cm³/mol. The summed E-state index contributed by atoms with van der Waals surface area (Å²) in [4.78, 5) is 20.8. The third kappa shape index (κ3) is 14.1. The first-order chi connectivity index (χ1) is 7.68. The van der Waals surface area contributed by atoms with E-state index < -0.39 is 11.8 Å². The Morgan fingerprint density at radius 3 is 1.65 bits per heavy atom. The third-order valence-corrected chi connectivity index (χ3v) is 2.74. The van der Waals surface area contributed by atoms with Crippen LogP contribution in [0.15, 0.2) is 0 Å². The van der Waals surface area contributed by atoms with Crippen LogP contribution in [0.5, 0.6) is 0 Å². The number of unbranched alkanes of at least 4 members (excludes halogenated alkanes) is 8. The molecular formula is C13H23NaO3. The van der Waals surface area contributed by atoms with E-state index in [4.69, 9.17) is 0 Å². The van der Waals surface area contributed by atoms with Crippen LogP contribution in [-0.4, -0.2) is 11.8 Å². The number of hydrogen-bond donors (Lipinski definition) is 0. The number of carbonyl (C=O) groups is 2. The Bertz CT molecular complexity index is 205. The van der Waals surface area contributed by atoms with E-state index in [9.17, 15) is 14.7 Å². The van der Waals surface area contributed by atoms with E-state index in [2.05, 4.69) is 6.92 Å². The molecule has 0 aromatic rings. The van der Waals surface area contributed by atoms with Gasteiger partial charge in [-0.15, -0.1) is 0 Å². The number of carboxylic acid groups (broad SMARTS) is 1. The second-order valence-corrected chi connectivity index (χ2v) is 4.29. The molecule has 0 aromatic heterocycles. The molecule has 0 saturated carbocycles. The van der Waals surface area contributed by atoms with Gasteiger partial charge in [-0.25, -0.2) is 0 Å². The van der Waals surface area contributed by atoms with Crippen LogP contribution in [0.1, 0.15) is 71.1 Å². The van der Waals surface area contributed by atoms with E-state index in [0.29, 0.717) is 6.42 Å². The molecule has 0 atom stereocenters. The van der Waals surface area contributed by atoms with E-state index in [0.717, 1.165) is 12.8 Å². The molecule has 94 valence electrons. The monoisotopic (exact) mass is 250 g/mol. The van der Waals surface area contributed by atoms with Crippen molar-refractivity contribution in [3.05, 3.63) is 0 Å². The van der Waals surface area contributed by atoms with Crippen LogP contribution in [-0.2, 0) is 9.59 Å². The van der Waals surface area contributed by atoms with Gasteiger partial charge in [-0.3, -0.25) is 4.79 Å². The summed E-state index contributed by atoms with van der Waals surface area (Å²) in [5.74, 6) is -2.30. The van der Waals surface area contributed by atoms with Gasteiger partial charge in [0.25, 0.3) is 0 Å². The van der Waals surface area contributed by atoms with Crippen molar-refractivity contribution in [1.29, 1.82) is 0 Å². The molecule has 0 aliphatic carbocycles.